The van der Waals surface area contributed by atoms with Gasteiger partial charge in [0.05, 0.1) is 5.69 Å². The first-order valence-electron chi connectivity index (χ1n) is 4.66. The van der Waals surface area contributed by atoms with Gasteiger partial charge in [0.15, 0.2) is 5.52 Å². The molecule has 5 heteroatoms. The van der Waals surface area contributed by atoms with Crippen LogP contribution in [0.15, 0.2) is 11.1 Å². The molecule has 0 bridgehead atoms. The molecular weight excluding hydrogens is 180 g/mol. The lowest BCUT2D eigenvalue weighted by molar-refractivity contribution is 0.762. The second-order valence-electron chi connectivity index (χ2n) is 3.24. The summed E-state index contributed by atoms with van der Waals surface area (Å²) in [6, 6.07) is 0. The molecule has 1 N–H and O–H groups in total. The third-order valence-corrected chi connectivity index (χ3v) is 2.15. The van der Waals surface area contributed by atoms with Gasteiger partial charge in [0.1, 0.15) is 12.2 Å². The maximum atomic E-state index is 11.5. The molecule has 0 aliphatic heterocycles. The zero-order chi connectivity index (χ0) is 10.1. The topological polar surface area (TPSA) is 63.0 Å². The maximum Gasteiger partial charge on any atom is 0.277 e. The van der Waals surface area contributed by atoms with Gasteiger partial charge in [-0.25, -0.2) is 9.50 Å². The van der Waals surface area contributed by atoms with Crippen molar-refractivity contribution in [1.82, 2.24) is 19.6 Å². The van der Waals surface area contributed by atoms with E-state index < -0.39 is 0 Å². The highest BCUT2D eigenvalue weighted by atomic mass is 16.1. The molecule has 14 heavy (non-hydrogen) atoms. The van der Waals surface area contributed by atoms with E-state index in [1.807, 2.05) is 6.92 Å². The molecule has 0 atom stereocenters. The van der Waals surface area contributed by atoms with E-state index in [2.05, 4.69) is 22.0 Å². The molecule has 0 saturated carbocycles. The molecule has 0 aliphatic carbocycles. The van der Waals surface area contributed by atoms with Crippen molar-refractivity contribution in [2.45, 2.75) is 26.7 Å². The van der Waals surface area contributed by atoms with Gasteiger partial charge in [-0.3, -0.25) is 4.79 Å². The number of hydrogen-bond acceptors (Lipinski definition) is 3. The van der Waals surface area contributed by atoms with Crippen LogP contribution in [0.3, 0.4) is 0 Å². The highest BCUT2D eigenvalue weighted by Crippen LogP contribution is 2.07. The van der Waals surface area contributed by atoms with E-state index in [0.29, 0.717) is 5.52 Å². The molecule has 0 fully saturated rings. The Morgan fingerprint density at radius 1 is 1.57 bits per heavy atom. The molecule has 5 nitrogen and oxygen atoms in total. The molecule has 0 radical (unpaired) electrons. The van der Waals surface area contributed by atoms with Crippen LogP contribution in [0, 0.1) is 6.92 Å². The Balaban J connectivity index is 2.77. The van der Waals surface area contributed by atoms with E-state index in [9.17, 15) is 4.79 Å². The van der Waals surface area contributed by atoms with Crippen LogP contribution in [0.5, 0.6) is 0 Å². The van der Waals surface area contributed by atoms with Crippen LogP contribution in [-0.4, -0.2) is 19.6 Å². The van der Waals surface area contributed by atoms with Gasteiger partial charge >= 0.3 is 0 Å². The maximum absolute atomic E-state index is 11.5. The van der Waals surface area contributed by atoms with Crippen LogP contribution >= 0.6 is 0 Å². The van der Waals surface area contributed by atoms with Crippen molar-refractivity contribution in [3.8, 4) is 0 Å². The molecule has 74 valence electrons. The smallest absolute Gasteiger partial charge is 0.277 e. The predicted octanol–water partition coefficient (Wildman–Crippen LogP) is 0.679. The molecule has 0 amide bonds. The average molecular weight is 192 g/mol. The third kappa shape index (κ3) is 1.21. The van der Waals surface area contributed by atoms with Gasteiger partial charge in [0.2, 0.25) is 0 Å². The summed E-state index contributed by atoms with van der Waals surface area (Å²) in [5, 5.41) is 4.08. The van der Waals surface area contributed by atoms with Crippen LogP contribution in [0.25, 0.3) is 5.52 Å². The number of imidazole rings is 1. The lowest BCUT2D eigenvalue weighted by Gasteiger charge is -1.95. The number of aromatic nitrogens is 4. The number of nitrogens with zero attached hydrogens (tertiary/aromatic N) is 3. The molecule has 0 aromatic carbocycles. The first-order valence-corrected chi connectivity index (χ1v) is 4.66. The average Bonchev–Trinajstić information content (AvgIpc) is 2.46. The summed E-state index contributed by atoms with van der Waals surface area (Å²) in [6.07, 6.45) is 3.23. The van der Waals surface area contributed by atoms with Gasteiger partial charge in [-0.2, -0.15) is 5.10 Å². The van der Waals surface area contributed by atoms with Crippen molar-refractivity contribution in [1.29, 1.82) is 0 Å². The first kappa shape index (κ1) is 8.93. The summed E-state index contributed by atoms with van der Waals surface area (Å²) in [7, 11) is 0. The fourth-order valence-electron chi connectivity index (χ4n) is 1.56. The van der Waals surface area contributed by atoms with E-state index in [1.54, 1.807) is 4.52 Å². The number of fused-ring (bicyclic) bond motifs is 1. The summed E-state index contributed by atoms with van der Waals surface area (Å²) in [4.78, 5) is 18.3. The van der Waals surface area contributed by atoms with Crippen molar-refractivity contribution in [3.05, 3.63) is 28.2 Å². The van der Waals surface area contributed by atoms with Crippen molar-refractivity contribution >= 4 is 5.52 Å². The molecule has 2 heterocycles. The van der Waals surface area contributed by atoms with Gasteiger partial charge in [-0.1, -0.05) is 6.92 Å². The number of aryl methyl sites for hydroxylation is 2. The van der Waals surface area contributed by atoms with Gasteiger partial charge in [-0.15, -0.1) is 0 Å². The van der Waals surface area contributed by atoms with Crippen molar-refractivity contribution in [2.24, 2.45) is 0 Å². The molecule has 2 aromatic heterocycles. The molecule has 0 aliphatic rings. The minimum Gasteiger partial charge on any atom is -0.310 e. The van der Waals surface area contributed by atoms with Crippen molar-refractivity contribution in [3.63, 3.8) is 0 Å². The lowest BCUT2D eigenvalue weighted by atomic mass is 10.3. The number of H-pyrrole nitrogens is 1. The van der Waals surface area contributed by atoms with Crippen LogP contribution in [0.1, 0.15) is 24.9 Å². The van der Waals surface area contributed by atoms with E-state index in [-0.39, 0.29) is 5.56 Å². The molecule has 0 unspecified atom stereocenters. The molecule has 0 saturated heterocycles. The summed E-state index contributed by atoms with van der Waals surface area (Å²) in [5.74, 6) is 0.853. The van der Waals surface area contributed by atoms with Gasteiger partial charge in [0.25, 0.3) is 5.56 Å². The Labute approximate surface area is 80.8 Å². The largest absolute Gasteiger partial charge is 0.310 e. The Morgan fingerprint density at radius 3 is 3.07 bits per heavy atom. The minimum atomic E-state index is -0.132. The summed E-state index contributed by atoms with van der Waals surface area (Å²) in [6.45, 7) is 3.90. The second kappa shape index (κ2) is 3.25. The fourth-order valence-corrected chi connectivity index (χ4v) is 1.56. The van der Waals surface area contributed by atoms with Crippen LogP contribution in [0.4, 0.5) is 0 Å². The molecular formula is C9H12N4O. The SMILES string of the molecule is CCCc1nc(C)c2c(=O)[nH]cnn12. The minimum absolute atomic E-state index is 0.132. The molecule has 2 rings (SSSR count). The van der Waals surface area contributed by atoms with Gasteiger partial charge in [0, 0.05) is 6.42 Å². The number of hydrogen-bond donors (Lipinski definition) is 1. The summed E-state index contributed by atoms with van der Waals surface area (Å²) in [5.41, 5.74) is 1.16. The Bertz CT molecular complexity index is 511. The molecule has 0 spiro atoms. The Kier molecular flexibility index (Phi) is 2.07. The quantitative estimate of drug-likeness (QED) is 0.761. The highest BCUT2D eigenvalue weighted by molar-refractivity contribution is 5.49. The van der Waals surface area contributed by atoms with Crippen molar-refractivity contribution in [2.75, 3.05) is 0 Å². The van der Waals surface area contributed by atoms with E-state index in [4.69, 9.17) is 0 Å². The Morgan fingerprint density at radius 2 is 2.36 bits per heavy atom. The Hall–Kier alpha value is -1.65. The number of rotatable bonds is 2. The summed E-state index contributed by atoms with van der Waals surface area (Å²) >= 11 is 0. The molecule has 2 aromatic rings. The first-order chi connectivity index (χ1) is 6.74. The van der Waals surface area contributed by atoms with E-state index in [1.165, 1.54) is 6.33 Å². The zero-order valence-corrected chi connectivity index (χ0v) is 8.24. The van der Waals surface area contributed by atoms with E-state index >= 15 is 0 Å². The summed E-state index contributed by atoms with van der Waals surface area (Å²) < 4.78 is 1.62. The van der Waals surface area contributed by atoms with Crippen LogP contribution in [0.2, 0.25) is 0 Å². The number of aromatic amines is 1. The predicted molar refractivity (Wildman–Crippen MR) is 52.3 cm³/mol. The second-order valence-corrected chi connectivity index (χ2v) is 3.24. The van der Waals surface area contributed by atoms with Gasteiger partial charge < -0.3 is 4.98 Å². The highest BCUT2D eigenvalue weighted by Gasteiger charge is 2.10. The van der Waals surface area contributed by atoms with Gasteiger partial charge in [-0.05, 0) is 13.3 Å². The number of nitrogens with one attached hydrogen (secondary N) is 1. The fraction of sp³-hybridized carbons (Fsp3) is 0.444. The standard InChI is InChI=1S/C9H12N4O/c1-3-4-7-12-6(2)8-9(14)10-5-11-13(7)8/h5H,3-4H2,1-2H3,(H,10,11,14). The third-order valence-electron chi connectivity index (χ3n) is 2.15. The van der Waals surface area contributed by atoms with Crippen molar-refractivity contribution < 1.29 is 0 Å². The monoisotopic (exact) mass is 192 g/mol. The normalized spacial score (nSPS) is 11.0. The van der Waals surface area contributed by atoms with E-state index in [0.717, 1.165) is 24.4 Å². The lowest BCUT2D eigenvalue weighted by Crippen LogP contribution is -2.12. The van der Waals surface area contributed by atoms with Crippen LogP contribution < -0.4 is 5.56 Å². The van der Waals surface area contributed by atoms with Crippen LogP contribution in [-0.2, 0) is 6.42 Å². The zero-order valence-electron chi connectivity index (χ0n) is 8.24.